The standard InChI is InChI=1S/C14H18N2O2S2/c1-10(9-12-8-7-11(2)19-12)16-20(17,18)14-6-4-3-5-13(14)15/h3-8,10,16H,9,15H2,1-2H3. The first-order valence-corrected chi connectivity index (χ1v) is 8.60. The van der Waals surface area contributed by atoms with Gasteiger partial charge in [-0.15, -0.1) is 11.3 Å². The monoisotopic (exact) mass is 310 g/mol. The second-order valence-electron chi connectivity index (χ2n) is 4.78. The van der Waals surface area contributed by atoms with Crippen LogP contribution in [0.15, 0.2) is 41.3 Å². The van der Waals surface area contributed by atoms with Crippen molar-refractivity contribution in [3.8, 4) is 0 Å². The van der Waals surface area contributed by atoms with Crippen molar-refractivity contribution < 1.29 is 8.42 Å². The van der Waals surface area contributed by atoms with Gasteiger partial charge in [0.25, 0.3) is 0 Å². The van der Waals surface area contributed by atoms with Crippen LogP contribution < -0.4 is 10.5 Å². The van der Waals surface area contributed by atoms with E-state index in [1.54, 1.807) is 29.5 Å². The number of thiophene rings is 1. The van der Waals surface area contributed by atoms with Gasteiger partial charge in [-0.25, -0.2) is 13.1 Å². The van der Waals surface area contributed by atoms with Crippen LogP contribution in [0, 0.1) is 6.92 Å². The molecule has 0 radical (unpaired) electrons. The van der Waals surface area contributed by atoms with Crippen LogP contribution in [0.4, 0.5) is 5.69 Å². The molecule has 1 atom stereocenters. The lowest BCUT2D eigenvalue weighted by Crippen LogP contribution is -2.34. The Morgan fingerprint density at radius 2 is 1.95 bits per heavy atom. The number of rotatable bonds is 5. The first kappa shape index (κ1) is 15.0. The fourth-order valence-electron chi connectivity index (χ4n) is 1.99. The van der Waals surface area contributed by atoms with Crippen molar-refractivity contribution >= 4 is 27.0 Å². The minimum absolute atomic E-state index is 0.134. The summed E-state index contributed by atoms with van der Waals surface area (Å²) in [6, 6.07) is 10.4. The van der Waals surface area contributed by atoms with E-state index in [0.29, 0.717) is 6.42 Å². The van der Waals surface area contributed by atoms with Crippen LogP contribution in [0.3, 0.4) is 0 Å². The molecule has 1 aromatic heterocycles. The molecule has 20 heavy (non-hydrogen) atoms. The number of hydrogen-bond acceptors (Lipinski definition) is 4. The van der Waals surface area contributed by atoms with Crippen LogP contribution in [0.5, 0.6) is 0 Å². The Labute approximate surface area is 123 Å². The molecule has 6 heteroatoms. The van der Waals surface area contributed by atoms with E-state index in [2.05, 4.69) is 4.72 Å². The minimum Gasteiger partial charge on any atom is -0.398 e. The summed E-state index contributed by atoms with van der Waals surface area (Å²) in [5, 5.41) is 0. The highest BCUT2D eigenvalue weighted by molar-refractivity contribution is 7.89. The van der Waals surface area contributed by atoms with Crippen molar-refractivity contribution in [2.75, 3.05) is 5.73 Å². The summed E-state index contributed by atoms with van der Waals surface area (Å²) in [6.45, 7) is 3.89. The Balaban J connectivity index is 2.10. The van der Waals surface area contributed by atoms with E-state index < -0.39 is 10.0 Å². The third-order valence-corrected chi connectivity index (χ3v) is 5.55. The van der Waals surface area contributed by atoms with Gasteiger partial charge in [0.1, 0.15) is 4.90 Å². The Bertz CT molecular complexity index is 693. The molecular weight excluding hydrogens is 292 g/mol. The molecule has 0 spiro atoms. The number of aryl methyl sites for hydroxylation is 1. The molecule has 3 N–H and O–H groups in total. The molecule has 0 aliphatic rings. The van der Waals surface area contributed by atoms with Crippen LogP contribution in [-0.4, -0.2) is 14.5 Å². The van der Waals surface area contributed by atoms with Gasteiger partial charge in [0.05, 0.1) is 5.69 Å². The molecule has 0 amide bonds. The molecule has 0 aliphatic carbocycles. The van der Waals surface area contributed by atoms with Crippen LogP contribution in [0.25, 0.3) is 0 Å². The molecule has 0 aliphatic heterocycles. The van der Waals surface area contributed by atoms with Crippen LogP contribution in [0.1, 0.15) is 16.7 Å². The van der Waals surface area contributed by atoms with Crippen LogP contribution in [-0.2, 0) is 16.4 Å². The van der Waals surface area contributed by atoms with E-state index in [1.165, 1.54) is 15.8 Å². The fourth-order valence-corrected chi connectivity index (χ4v) is 4.39. The van der Waals surface area contributed by atoms with Gasteiger partial charge in [-0.1, -0.05) is 12.1 Å². The van der Waals surface area contributed by atoms with Gasteiger partial charge in [-0.3, -0.25) is 0 Å². The fraction of sp³-hybridized carbons (Fsp3) is 0.286. The summed E-state index contributed by atoms with van der Waals surface area (Å²) in [7, 11) is -3.57. The molecule has 108 valence electrons. The molecule has 0 fully saturated rings. The topological polar surface area (TPSA) is 72.2 Å². The molecule has 4 nitrogen and oxygen atoms in total. The summed E-state index contributed by atoms with van der Waals surface area (Å²) < 4.78 is 27.2. The van der Waals surface area contributed by atoms with E-state index >= 15 is 0 Å². The van der Waals surface area contributed by atoms with Crippen molar-refractivity contribution in [3.05, 3.63) is 46.2 Å². The van der Waals surface area contributed by atoms with Crippen molar-refractivity contribution in [1.29, 1.82) is 0 Å². The number of hydrogen-bond donors (Lipinski definition) is 2. The molecule has 1 unspecified atom stereocenters. The number of nitrogens with one attached hydrogen (secondary N) is 1. The SMILES string of the molecule is Cc1ccc(CC(C)NS(=O)(=O)c2ccccc2N)s1. The Morgan fingerprint density at radius 1 is 1.25 bits per heavy atom. The summed E-state index contributed by atoms with van der Waals surface area (Å²) in [6.07, 6.45) is 0.671. The van der Waals surface area contributed by atoms with Crippen molar-refractivity contribution in [1.82, 2.24) is 4.72 Å². The average Bonchev–Trinajstić information content (AvgIpc) is 2.74. The molecule has 1 aromatic carbocycles. The van der Waals surface area contributed by atoms with E-state index in [-0.39, 0.29) is 16.6 Å². The first-order valence-electron chi connectivity index (χ1n) is 6.30. The van der Waals surface area contributed by atoms with Gasteiger partial charge in [0.2, 0.25) is 10.0 Å². The smallest absolute Gasteiger partial charge is 0.242 e. The second kappa shape index (κ2) is 5.95. The lowest BCUT2D eigenvalue weighted by Gasteiger charge is -2.14. The van der Waals surface area contributed by atoms with Gasteiger partial charge in [-0.2, -0.15) is 0 Å². The maximum atomic E-state index is 12.3. The molecular formula is C14H18N2O2S2. The second-order valence-corrected chi connectivity index (χ2v) is 7.83. The highest BCUT2D eigenvalue weighted by Gasteiger charge is 2.19. The Morgan fingerprint density at radius 3 is 2.55 bits per heavy atom. The van der Waals surface area contributed by atoms with E-state index in [0.717, 1.165) is 0 Å². The zero-order valence-corrected chi connectivity index (χ0v) is 13.1. The average molecular weight is 310 g/mol. The normalized spacial score (nSPS) is 13.3. The Kier molecular flexibility index (Phi) is 4.47. The molecule has 0 bridgehead atoms. The van der Waals surface area contributed by atoms with Crippen molar-refractivity contribution in [2.24, 2.45) is 0 Å². The van der Waals surface area contributed by atoms with E-state index in [4.69, 9.17) is 5.73 Å². The van der Waals surface area contributed by atoms with E-state index in [9.17, 15) is 8.42 Å². The van der Waals surface area contributed by atoms with Crippen LogP contribution >= 0.6 is 11.3 Å². The number of anilines is 1. The van der Waals surface area contributed by atoms with Crippen molar-refractivity contribution in [3.63, 3.8) is 0 Å². The third kappa shape index (κ3) is 3.59. The quantitative estimate of drug-likeness (QED) is 0.834. The maximum absolute atomic E-state index is 12.3. The first-order chi connectivity index (χ1) is 9.38. The number of benzene rings is 1. The van der Waals surface area contributed by atoms with Crippen molar-refractivity contribution in [2.45, 2.75) is 31.2 Å². The van der Waals surface area contributed by atoms with Gasteiger partial charge in [0.15, 0.2) is 0 Å². The molecule has 0 saturated heterocycles. The number of nitrogen functional groups attached to an aromatic ring is 1. The Hall–Kier alpha value is -1.37. The molecule has 1 heterocycles. The number of para-hydroxylation sites is 1. The van der Waals surface area contributed by atoms with Crippen LogP contribution in [0.2, 0.25) is 0 Å². The van der Waals surface area contributed by atoms with Gasteiger partial charge < -0.3 is 5.73 Å². The number of nitrogens with two attached hydrogens (primary N) is 1. The zero-order valence-electron chi connectivity index (χ0n) is 11.5. The molecule has 0 saturated carbocycles. The predicted molar refractivity (Wildman–Crippen MR) is 83.4 cm³/mol. The predicted octanol–water partition coefficient (Wildman–Crippen LogP) is 2.55. The summed E-state index contributed by atoms with van der Waals surface area (Å²) in [5.41, 5.74) is 5.98. The maximum Gasteiger partial charge on any atom is 0.242 e. The highest BCUT2D eigenvalue weighted by Crippen LogP contribution is 2.20. The lowest BCUT2D eigenvalue weighted by atomic mass is 10.2. The third-order valence-electron chi connectivity index (χ3n) is 2.87. The largest absolute Gasteiger partial charge is 0.398 e. The summed E-state index contributed by atoms with van der Waals surface area (Å²) in [4.78, 5) is 2.52. The van der Waals surface area contributed by atoms with Gasteiger partial charge in [-0.05, 0) is 44.5 Å². The zero-order chi connectivity index (χ0) is 14.8. The number of sulfonamides is 1. The summed E-state index contributed by atoms with van der Waals surface area (Å²) >= 11 is 1.68. The summed E-state index contributed by atoms with van der Waals surface area (Å²) in [5.74, 6) is 0. The molecule has 2 rings (SSSR count). The van der Waals surface area contributed by atoms with E-state index in [1.807, 2.05) is 26.0 Å². The van der Waals surface area contributed by atoms with Gasteiger partial charge >= 0.3 is 0 Å². The van der Waals surface area contributed by atoms with Gasteiger partial charge in [0, 0.05) is 15.8 Å². The lowest BCUT2D eigenvalue weighted by molar-refractivity contribution is 0.561. The highest BCUT2D eigenvalue weighted by atomic mass is 32.2. The molecule has 2 aromatic rings. The minimum atomic E-state index is -3.57.